The molecule has 146 valence electrons. The highest BCUT2D eigenvalue weighted by Gasteiger charge is 2.29. The van der Waals surface area contributed by atoms with Crippen molar-refractivity contribution in [1.29, 1.82) is 0 Å². The number of carbonyl (C=O) groups excluding carboxylic acids is 1. The van der Waals surface area contributed by atoms with Gasteiger partial charge in [-0.15, -0.1) is 0 Å². The molecule has 0 aromatic carbocycles. The number of aromatic nitrogens is 2. The maximum absolute atomic E-state index is 12.8. The molecule has 3 rings (SSSR count). The fourth-order valence-electron chi connectivity index (χ4n) is 3.25. The molecular formula is C19H25N3O5. The number of pyridine rings is 2. The Labute approximate surface area is 157 Å². The monoisotopic (exact) mass is 375 g/mol. The van der Waals surface area contributed by atoms with Crippen LogP contribution in [0.15, 0.2) is 23.1 Å². The average Bonchev–Trinajstić information content (AvgIpc) is 2.67. The van der Waals surface area contributed by atoms with Gasteiger partial charge in [-0.05, 0) is 32.4 Å². The van der Waals surface area contributed by atoms with Gasteiger partial charge >= 0.3 is 0 Å². The topological polar surface area (TPSA) is 103 Å². The van der Waals surface area contributed by atoms with Gasteiger partial charge < -0.3 is 24.5 Å². The predicted molar refractivity (Wildman–Crippen MR) is 99.9 cm³/mol. The lowest BCUT2D eigenvalue weighted by Crippen LogP contribution is -2.51. The normalized spacial score (nSPS) is 20.0. The minimum Gasteiger partial charge on any atom is -0.394 e. The van der Waals surface area contributed by atoms with E-state index in [1.807, 2.05) is 18.4 Å². The van der Waals surface area contributed by atoms with Crippen LogP contribution in [0.1, 0.15) is 29.4 Å². The van der Waals surface area contributed by atoms with Crippen molar-refractivity contribution < 1.29 is 19.4 Å². The zero-order chi connectivity index (χ0) is 19.4. The Morgan fingerprint density at radius 3 is 3.04 bits per heavy atom. The Morgan fingerprint density at radius 1 is 1.48 bits per heavy atom. The molecule has 1 saturated heterocycles. The summed E-state index contributed by atoms with van der Waals surface area (Å²) in [6.45, 7) is 5.30. The minimum atomic E-state index is -0.436. The van der Waals surface area contributed by atoms with E-state index in [4.69, 9.17) is 14.6 Å². The molecule has 1 fully saturated rings. The highest BCUT2D eigenvalue weighted by molar-refractivity contribution is 5.97. The molecule has 0 spiro atoms. The molecule has 1 amide bonds. The van der Waals surface area contributed by atoms with E-state index >= 15 is 0 Å². The van der Waals surface area contributed by atoms with Crippen LogP contribution < -0.4 is 10.7 Å². The molecule has 1 aliphatic heterocycles. The Hall–Kier alpha value is -2.29. The molecule has 0 aliphatic carbocycles. The number of hydrogen-bond acceptors (Lipinski definition) is 6. The van der Waals surface area contributed by atoms with E-state index in [0.717, 1.165) is 5.69 Å². The summed E-state index contributed by atoms with van der Waals surface area (Å²) in [7, 11) is 0. The molecule has 0 radical (unpaired) electrons. The maximum Gasteiger partial charge on any atom is 0.257 e. The van der Waals surface area contributed by atoms with Crippen LogP contribution in [0.3, 0.4) is 0 Å². The predicted octanol–water partition coefficient (Wildman–Crippen LogP) is 0.621. The molecule has 2 atom stereocenters. The summed E-state index contributed by atoms with van der Waals surface area (Å²) in [5.41, 5.74) is 1.14. The fourth-order valence-corrected chi connectivity index (χ4v) is 3.25. The third kappa shape index (κ3) is 4.18. The first kappa shape index (κ1) is 19.5. The Morgan fingerprint density at radius 2 is 2.30 bits per heavy atom. The van der Waals surface area contributed by atoms with Crippen molar-refractivity contribution in [2.24, 2.45) is 0 Å². The lowest BCUT2D eigenvalue weighted by molar-refractivity contribution is -0.0737. The third-order valence-corrected chi connectivity index (χ3v) is 4.69. The molecule has 0 unspecified atom stereocenters. The van der Waals surface area contributed by atoms with Gasteiger partial charge in [0.15, 0.2) is 0 Å². The number of rotatable bonds is 6. The van der Waals surface area contributed by atoms with E-state index in [1.165, 1.54) is 0 Å². The summed E-state index contributed by atoms with van der Waals surface area (Å²) in [6.07, 6.45) is 1.79. The first-order valence-corrected chi connectivity index (χ1v) is 9.17. The van der Waals surface area contributed by atoms with Crippen LogP contribution in [0.5, 0.6) is 0 Å². The molecule has 0 saturated carbocycles. The van der Waals surface area contributed by atoms with Crippen LogP contribution in [0, 0.1) is 6.92 Å². The molecule has 8 nitrogen and oxygen atoms in total. The van der Waals surface area contributed by atoms with Crippen molar-refractivity contribution in [1.82, 2.24) is 14.9 Å². The quantitative estimate of drug-likeness (QED) is 0.767. The molecule has 0 bridgehead atoms. The number of aliphatic hydroxyl groups excluding tert-OH is 1. The molecular weight excluding hydrogens is 350 g/mol. The molecule has 1 aliphatic rings. The van der Waals surface area contributed by atoms with Gasteiger partial charge in [0, 0.05) is 25.0 Å². The lowest BCUT2D eigenvalue weighted by atomic mass is 10.0. The minimum absolute atomic E-state index is 0.0856. The van der Waals surface area contributed by atoms with Crippen molar-refractivity contribution in [2.75, 3.05) is 26.4 Å². The van der Waals surface area contributed by atoms with Crippen LogP contribution in [0.25, 0.3) is 11.0 Å². The number of amides is 1. The molecule has 8 heteroatoms. The highest BCUT2D eigenvalue weighted by Crippen LogP contribution is 2.14. The molecule has 2 aromatic heterocycles. The van der Waals surface area contributed by atoms with Gasteiger partial charge in [-0.3, -0.25) is 9.59 Å². The summed E-state index contributed by atoms with van der Waals surface area (Å²) in [4.78, 5) is 30.1. The van der Waals surface area contributed by atoms with Crippen LogP contribution in [0.2, 0.25) is 0 Å². The van der Waals surface area contributed by atoms with Crippen molar-refractivity contribution in [3.8, 4) is 0 Å². The molecule has 27 heavy (non-hydrogen) atoms. The maximum atomic E-state index is 12.8. The average molecular weight is 375 g/mol. The van der Waals surface area contributed by atoms with Gasteiger partial charge in [-0.1, -0.05) is 0 Å². The second-order valence-corrected chi connectivity index (χ2v) is 6.56. The van der Waals surface area contributed by atoms with Gasteiger partial charge in [0.25, 0.3) is 5.91 Å². The van der Waals surface area contributed by atoms with Crippen LogP contribution in [0.4, 0.5) is 0 Å². The Bertz CT molecular complexity index is 880. The number of nitrogens with one attached hydrogen (secondary N) is 1. The van der Waals surface area contributed by atoms with E-state index < -0.39 is 5.91 Å². The summed E-state index contributed by atoms with van der Waals surface area (Å²) in [6, 6.07) is 3.20. The molecule has 3 heterocycles. The number of aliphatic hydroxyl groups is 1. The van der Waals surface area contributed by atoms with E-state index in [9.17, 15) is 9.59 Å². The first-order valence-electron chi connectivity index (χ1n) is 9.17. The fraction of sp³-hybridized carbons (Fsp3) is 0.526. The van der Waals surface area contributed by atoms with Gasteiger partial charge in [-0.25, -0.2) is 4.98 Å². The van der Waals surface area contributed by atoms with Crippen LogP contribution >= 0.6 is 0 Å². The second kappa shape index (κ2) is 8.60. The number of carbonyl (C=O) groups is 1. The highest BCUT2D eigenvalue weighted by atomic mass is 16.5. The Balaban J connectivity index is 1.90. The Kier molecular flexibility index (Phi) is 6.20. The van der Waals surface area contributed by atoms with Crippen molar-refractivity contribution >= 4 is 16.9 Å². The lowest BCUT2D eigenvalue weighted by Gasteiger charge is -2.32. The third-order valence-electron chi connectivity index (χ3n) is 4.69. The largest absolute Gasteiger partial charge is 0.394 e. The van der Waals surface area contributed by atoms with Crippen LogP contribution in [-0.2, 0) is 16.0 Å². The second-order valence-electron chi connectivity index (χ2n) is 6.56. The summed E-state index contributed by atoms with van der Waals surface area (Å²) < 4.78 is 12.8. The van der Waals surface area contributed by atoms with Gasteiger partial charge in [0.2, 0.25) is 5.43 Å². The zero-order valence-electron chi connectivity index (χ0n) is 15.6. The smallest absolute Gasteiger partial charge is 0.257 e. The summed E-state index contributed by atoms with van der Waals surface area (Å²) in [5, 5.41) is 12.3. The van der Waals surface area contributed by atoms with Gasteiger partial charge in [-0.2, -0.15) is 0 Å². The van der Waals surface area contributed by atoms with Gasteiger partial charge in [0.05, 0.1) is 31.2 Å². The van der Waals surface area contributed by atoms with E-state index in [0.29, 0.717) is 37.2 Å². The zero-order valence-corrected chi connectivity index (χ0v) is 15.6. The van der Waals surface area contributed by atoms with Crippen molar-refractivity contribution in [3.63, 3.8) is 0 Å². The van der Waals surface area contributed by atoms with E-state index in [2.05, 4.69) is 10.3 Å². The van der Waals surface area contributed by atoms with Crippen LogP contribution in [-0.4, -0.2) is 59.1 Å². The number of hydrogen-bond donors (Lipinski definition) is 2. The van der Waals surface area contributed by atoms with Gasteiger partial charge in [0.1, 0.15) is 17.3 Å². The van der Waals surface area contributed by atoms with E-state index in [1.54, 1.807) is 18.3 Å². The summed E-state index contributed by atoms with van der Waals surface area (Å²) >= 11 is 0. The number of fused-ring (bicyclic) bond motifs is 1. The SMILES string of the molecule is CCn1cc(C(=O)N[C@@H]2CCOC[C@H]2OCCO)c(=O)c2ccc(C)nc21. The first-order chi connectivity index (χ1) is 13.0. The number of ether oxygens (including phenoxy) is 2. The van der Waals surface area contributed by atoms with Crippen molar-refractivity contribution in [2.45, 2.75) is 39.0 Å². The molecule has 2 N–H and O–H groups in total. The number of aryl methyl sites for hydroxylation is 2. The summed E-state index contributed by atoms with van der Waals surface area (Å²) in [5.74, 6) is -0.436. The standard InChI is InChI=1S/C19H25N3O5/c1-3-22-10-14(17(24)13-5-4-12(2)20-18(13)22)19(25)21-15-6-8-26-11-16(15)27-9-7-23/h4-5,10,15-16,23H,3,6-9,11H2,1-2H3,(H,21,25)/t15-,16-/m1/s1. The molecule has 2 aromatic rings. The number of nitrogens with zero attached hydrogens (tertiary/aromatic N) is 2. The van der Waals surface area contributed by atoms with Crippen molar-refractivity contribution in [3.05, 3.63) is 39.8 Å². The van der Waals surface area contributed by atoms with E-state index in [-0.39, 0.29) is 36.4 Å².